The van der Waals surface area contributed by atoms with Gasteiger partial charge in [0.1, 0.15) is 0 Å². The highest BCUT2D eigenvalue weighted by Crippen LogP contribution is 2.32. The molecule has 0 radical (unpaired) electrons. The van der Waals surface area contributed by atoms with Crippen LogP contribution in [0.5, 0.6) is 0 Å². The van der Waals surface area contributed by atoms with Gasteiger partial charge in [0, 0.05) is 10.2 Å². The van der Waals surface area contributed by atoms with E-state index in [1.54, 1.807) is 30.3 Å². The Morgan fingerprint density at radius 3 is 2.35 bits per heavy atom. The van der Waals surface area contributed by atoms with Crippen molar-refractivity contribution in [3.05, 3.63) is 49.0 Å². The first kappa shape index (κ1) is 15.2. The van der Waals surface area contributed by atoms with Crippen molar-refractivity contribution in [2.75, 3.05) is 12.4 Å². The highest BCUT2D eigenvalue weighted by molar-refractivity contribution is 9.13. The summed E-state index contributed by atoms with van der Waals surface area (Å²) < 4.78 is 6.31. The van der Waals surface area contributed by atoms with E-state index in [-0.39, 0.29) is 5.91 Å². The number of hydrogen-bond donors (Lipinski definition) is 1. The fourth-order valence-corrected chi connectivity index (χ4v) is 3.39. The minimum absolute atomic E-state index is 0.202. The summed E-state index contributed by atoms with van der Waals surface area (Å²) in [6.45, 7) is 0. The van der Waals surface area contributed by atoms with Crippen LogP contribution in [-0.2, 0) is 4.74 Å². The van der Waals surface area contributed by atoms with Crippen molar-refractivity contribution in [1.82, 2.24) is 0 Å². The third-order valence-electron chi connectivity index (χ3n) is 2.43. The van der Waals surface area contributed by atoms with E-state index >= 15 is 0 Å². The molecule has 1 amide bonds. The molecule has 0 atom stereocenters. The first-order valence-electron chi connectivity index (χ1n) is 5.46. The zero-order chi connectivity index (χ0) is 14.7. The Hall–Kier alpha value is -1.18. The molecule has 0 fully saturated rings. The molecule has 1 aromatic carbocycles. The van der Waals surface area contributed by atoms with Gasteiger partial charge in [-0.05, 0) is 62.2 Å². The Balaban J connectivity index is 2.10. The summed E-state index contributed by atoms with van der Waals surface area (Å²) >= 11 is 8.02. The molecule has 2 rings (SSSR count). The molecular formula is C13H9Br2NO3S. The summed E-state index contributed by atoms with van der Waals surface area (Å²) in [5.74, 6) is -0.610. The molecule has 0 aliphatic rings. The van der Waals surface area contributed by atoms with Crippen LogP contribution in [0.2, 0.25) is 0 Å². The van der Waals surface area contributed by atoms with E-state index in [1.807, 2.05) is 0 Å². The van der Waals surface area contributed by atoms with Gasteiger partial charge in [0.15, 0.2) is 0 Å². The van der Waals surface area contributed by atoms with Gasteiger partial charge in [-0.2, -0.15) is 0 Å². The number of methoxy groups -OCH3 is 1. The van der Waals surface area contributed by atoms with Gasteiger partial charge >= 0.3 is 5.97 Å². The molecule has 1 heterocycles. The Morgan fingerprint density at radius 2 is 1.85 bits per heavy atom. The van der Waals surface area contributed by atoms with E-state index in [0.717, 1.165) is 8.26 Å². The summed E-state index contributed by atoms with van der Waals surface area (Å²) in [5, 5.41) is 2.76. The number of benzene rings is 1. The van der Waals surface area contributed by atoms with Gasteiger partial charge in [0.25, 0.3) is 5.91 Å². The second kappa shape index (κ2) is 6.51. The smallest absolute Gasteiger partial charge is 0.337 e. The third-order valence-corrected chi connectivity index (χ3v) is 5.69. The largest absolute Gasteiger partial charge is 0.465 e. The minimum atomic E-state index is -0.408. The van der Waals surface area contributed by atoms with Crippen LogP contribution in [0.3, 0.4) is 0 Å². The van der Waals surface area contributed by atoms with Crippen LogP contribution < -0.4 is 5.32 Å². The molecule has 7 heteroatoms. The summed E-state index contributed by atoms with van der Waals surface area (Å²) in [7, 11) is 1.32. The molecule has 0 saturated heterocycles. The SMILES string of the molecule is COC(=O)c1ccc(NC(=O)c2cc(Br)c(Br)s2)cc1. The average Bonchev–Trinajstić information content (AvgIpc) is 2.79. The van der Waals surface area contributed by atoms with Gasteiger partial charge in [-0.1, -0.05) is 0 Å². The summed E-state index contributed by atoms with van der Waals surface area (Å²) in [6, 6.07) is 8.25. The van der Waals surface area contributed by atoms with Crippen LogP contribution in [0.1, 0.15) is 20.0 Å². The second-order valence-electron chi connectivity index (χ2n) is 3.76. The zero-order valence-electron chi connectivity index (χ0n) is 10.3. The van der Waals surface area contributed by atoms with Gasteiger partial charge in [-0.15, -0.1) is 11.3 Å². The molecular weight excluding hydrogens is 410 g/mol. The van der Waals surface area contributed by atoms with E-state index in [1.165, 1.54) is 18.4 Å². The number of amides is 1. The van der Waals surface area contributed by atoms with Gasteiger partial charge in [0.2, 0.25) is 0 Å². The quantitative estimate of drug-likeness (QED) is 0.755. The molecule has 2 aromatic rings. The number of ether oxygens (including phenoxy) is 1. The summed E-state index contributed by atoms with van der Waals surface area (Å²) in [5.41, 5.74) is 1.05. The number of thiophene rings is 1. The zero-order valence-corrected chi connectivity index (χ0v) is 14.3. The number of carbonyl (C=O) groups is 2. The summed E-state index contributed by atoms with van der Waals surface area (Å²) in [4.78, 5) is 23.9. The maximum absolute atomic E-state index is 12.0. The van der Waals surface area contributed by atoms with E-state index in [2.05, 4.69) is 41.9 Å². The lowest BCUT2D eigenvalue weighted by Crippen LogP contribution is -2.10. The average molecular weight is 419 g/mol. The van der Waals surface area contributed by atoms with Crippen molar-refractivity contribution in [2.24, 2.45) is 0 Å². The molecule has 0 aliphatic carbocycles. The van der Waals surface area contributed by atoms with Crippen molar-refractivity contribution in [3.8, 4) is 0 Å². The normalized spacial score (nSPS) is 10.2. The number of nitrogens with one attached hydrogen (secondary N) is 1. The monoisotopic (exact) mass is 417 g/mol. The Labute approximate surface area is 136 Å². The van der Waals surface area contributed by atoms with Crippen LogP contribution in [0.25, 0.3) is 0 Å². The van der Waals surface area contributed by atoms with Crippen LogP contribution in [-0.4, -0.2) is 19.0 Å². The molecule has 0 unspecified atom stereocenters. The number of rotatable bonds is 3. The van der Waals surface area contributed by atoms with Crippen LogP contribution in [0.4, 0.5) is 5.69 Å². The van der Waals surface area contributed by atoms with Crippen molar-refractivity contribution in [3.63, 3.8) is 0 Å². The number of anilines is 1. The van der Waals surface area contributed by atoms with Crippen molar-refractivity contribution < 1.29 is 14.3 Å². The topological polar surface area (TPSA) is 55.4 Å². The summed E-state index contributed by atoms with van der Waals surface area (Å²) in [6.07, 6.45) is 0. The lowest BCUT2D eigenvalue weighted by molar-refractivity contribution is 0.0600. The van der Waals surface area contributed by atoms with Crippen LogP contribution in [0, 0.1) is 0 Å². The Kier molecular flexibility index (Phi) is 4.95. The molecule has 0 saturated carbocycles. The molecule has 1 aromatic heterocycles. The maximum atomic E-state index is 12.0. The van der Waals surface area contributed by atoms with Gasteiger partial charge in [-0.3, -0.25) is 4.79 Å². The van der Waals surface area contributed by atoms with Gasteiger partial charge < -0.3 is 10.1 Å². The number of carbonyl (C=O) groups excluding carboxylic acids is 2. The lowest BCUT2D eigenvalue weighted by Gasteiger charge is -2.04. The number of esters is 1. The van der Waals surface area contributed by atoms with Crippen molar-refractivity contribution in [2.45, 2.75) is 0 Å². The minimum Gasteiger partial charge on any atom is -0.465 e. The predicted octanol–water partition coefficient (Wildman–Crippen LogP) is 4.31. The number of hydrogen-bond acceptors (Lipinski definition) is 4. The van der Waals surface area contributed by atoms with E-state index in [4.69, 9.17) is 0 Å². The maximum Gasteiger partial charge on any atom is 0.337 e. The highest BCUT2D eigenvalue weighted by atomic mass is 79.9. The third kappa shape index (κ3) is 3.47. The lowest BCUT2D eigenvalue weighted by atomic mass is 10.2. The fraction of sp³-hybridized carbons (Fsp3) is 0.0769. The molecule has 0 bridgehead atoms. The van der Waals surface area contributed by atoms with Crippen LogP contribution >= 0.6 is 43.2 Å². The Morgan fingerprint density at radius 1 is 1.20 bits per heavy atom. The molecule has 1 N–H and O–H groups in total. The second-order valence-corrected chi connectivity index (χ2v) is 6.98. The van der Waals surface area contributed by atoms with E-state index in [0.29, 0.717) is 16.1 Å². The fourth-order valence-electron chi connectivity index (χ4n) is 1.46. The van der Waals surface area contributed by atoms with Gasteiger partial charge in [-0.25, -0.2) is 4.79 Å². The molecule has 104 valence electrons. The molecule has 0 aliphatic heterocycles. The standard InChI is InChI=1S/C13H9Br2NO3S/c1-19-13(18)7-2-4-8(5-3-7)16-12(17)10-6-9(14)11(15)20-10/h2-6H,1H3,(H,16,17). The van der Waals surface area contributed by atoms with Gasteiger partial charge in [0.05, 0.1) is 21.3 Å². The number of halogens is 2. The molecule has 0 spiro atoms. The molecule has 20 heavy (non-hydrogen) atoms. The first-order valence-corrected chi connectivity index (χ1v) is 7.86. The van der Waals surface area contributed by atoms with Crippen molar-refractivity contribution >= 4 is 60.8 Å². The highest BCUT2D eigenvalue weighted by Gasteiger charge is 2.12. The van der Waals surface area contributed by atoms with E-state index < -0.39 is 5.97 Å². The van der Waals surface area contributed by atoms with Crippen molar-refractivity contribution in [1.29, 1.82) is 0 Å². The Bertz CT molecular complexity index is 633. The molecule has 4 nitrogen and oxygen atoms in total. The predicted molar refractivity (Wildman–Crippen MR) is 85.5 cm³/mol. The first-order chi connectivity index (χ1) is 9.51. The van der Waals surface area contributed by atoms with E-state index in [9.17, 15) is 9.59 Å². The van der Waals surface area contributed by atoms with Crippen LogP contribution in [0.15, 0.2) is 38.6 Å².